The van der Waals surface area contributed by atoms with E-state index in [-0.39, 0.29) is 0 Å². The first-order chi connectivity index (χ1) is 9.63. The van der Waals surface area contributed by atoms with Crippen LogP contribution >= 0.6 is 0 Å². The maximum atomic E-state index is 5.85. The minimum Gasteiger partial charge on any atom is -0.399 e. The van der Waals surface area contributed by atoms with Crippen LogP contribution in [0.2, 0.25) is 0 Å². The van der Waals surface area contributed by atoms with Crippen molar-refractivity contribution in [3.05, 3.63) is 18.2 Å². The Hall–Kier alpha value is -2.11. The average Bonchev–Trinajstić information content (AvgIpc) is 2.87. The van der Waals surface area contributed by atoms with E-state index in [1.54, 1.807) is 6.07 Å². The minimum atomic E-state index is 0.374. The van der Waals surface area contributed by atoms with E-state index in [0.717, 1.165) is 30.1 Å². The van der Waals surface area contributed by atoms with Gasteiger partial charge in [-0.1, -0.05) is 6.92 Å². The van der Waals surface area contributed by atoms with E-state index in [9.17, 15) is 0 Å². The molecular weight excluding hydrogens is 252 g/mol. The monoisotopic (exact) mass is 272 g/mol. The number of hydrogen-bond donors (Lipinski definition) is 2. The largest absolute Gasteiger partial charge is 0.399 e. The van der Waals surface area contributed by atoms with Gasteiger partial charge in [0.25, 0.3) is 0 Å². The van der Waals surface area contributed by atoms with E-state index < -0.39 is 0 Å². The van der Waals surface area contributed by atoms with Gasteiger partial charge in [-0.3, -0.25) is 0 Å². The summed E-state index contributed by atoms with van der Waals surface area (Å²) in [6, 6.07) is 5.84. The summed E-state index contributed by atoms with van der Waals surface area (Å²) < 4.78 is 1.93. The van der Waals surface area contributed by atoms with Crippen molar-refractivity contribution in [1.29, 1.82) is 0 Å². The molecule has 1 aromatic carbocycles. The Kier molecular flexibility index (Phi) is 3.30. The van der Waals surface area contributed by atoms with Crippen LogP contribution in [0.4, 0.5) is 11.4 Å². The van der Waals surface area contributed by atoms with Crippen molar-refractivity contribution in [2.24, 2.45) is 5.92 Å². The second-order valence-corrected chi connectivity index (χ2v) is 5.75. The molecule has 0 bridgehead atoms. The Morgan fingerprint density at radius 1 is 1.05 bits per heavy atom. The lowest BCUT2D eigenvalue weighted by molar-refractivity contribution is 0.272. The lowest BCUT2D eigenvalue weighted by Gasteiger charge is -2.26. The molecule has 0 spiro atoms. The highest BCUT2D eigenvalue weighted by atomic mass is 15.5. The van der Waals surface area contributed by atoms with Gasteiger partial charge in [0.05, 0.1) is 6.04 Å². The maximum Gasteiger partial charge on any atom is 0.182 e. The molecule has 0 saturated heterocycles. The zero-order chi connectivity index (χ0) is 14.1. The molecule has 3 rings (SSSR count). The van der Waals surface area contributed by atoms with Gasteiger partial charge in [-0.25, -0.2) is 4.68 Å². The van der Waals surface area contributed by atoms with Gasteiger partial charge in [-0.05, 0) is 60.2 Å². The Balaban J connectivity index is 1.93. The van der Waals surface area contributed by atoms with E-state index in [4.69, 9.17) is 11.5 Å². The average molecular weight is 272 g/mol. The zero-order valence-corrected chi connectivity index (χ0v) is 11.7. The van der Waals surface area contributed by atoms with Crippen molar-refractivity contribution in [3.63, 3.8) is 0 Å². The molecule has 6 nitrogen and oxygen atoms in total. The number of anilines is 2. The molecule has 0 unspecified atom stereocenters. The molecule has 4 N–H and O–H groups in total. The van der Waals surface area contributed by atoms with Crippen molar-refractivity contribution in [2.75, 3.05) is 11.5 Å². The van der Waals surface area contributed by atoms with Gasteiger partial charge < -0.3 is 11.5 Å². The van der Waals surface area contributed by atoms with Gasteiger partial charge in [-0.2, -0.15) is 0 Å². The normalized spacial score (nSPS) is 22.9. The number of nitrogens with zero attached hydrogens (tertiary/aromatic N) is 4. The molecule has 0 radical (unpaired) electrons. The molecule has 6 heteroatoms. The second-order valence-electron chi connectivity index (χ2n) is 5.75. The molecular formula is C14H20N6. The van der Waals surface area contributed by atoms with Crippen molar-refractivity contribution in [1.82, 2.24) is 20.2 Å². The third-order valence-electron chi connectivity index (χ3n) is 4.06. The number of benzene rings is 1. The van der Waals surface area contributed by atoms with Gasteiger partial charge in [-0.15, -0.1) is 5.10 Å². The van der Waals surface area contributed by atoms with Crippen LogP contribution in [0.1, 0.15) is 38.6 Å². The summed E-state index contributed by atoms with van der Waals surface area (Å²) >= 11 is 0. The topological polar surface area (TPSA) is 95.6 Å². The van der Waals surface area contributed by atoms with Gasteiger partial charge in [0.1, 0.15) is 0 Å². The molecule has 1 heterocycles. The highest BCUT2D eigenvalue weighted by Crippen LogP contribution is 2.34. The number of rotatable bonds is 2. The van der Waals surface area contributed by atoms with Crippen molar-refractivity contribution >= 4 is 11.4 Å². The zero-order valence-electron chi connectivity index (χ0n) is 11.7. The van der Waals surface area contributed by atoms with Crippen LogP contribution in [0.3, 0.4) is 0 Å². The molecule has 1 saturated carbocycles. The lowest BCUT2D eigenvalue weighted by Crippen LogP contribution is -2.18. The number of aromatic nitrogens is 4. The van der Waals surface area contributed by atoms with Gasteiger partial charge in [0.15, 0.2) is 5.82 Å². The third-order valence-corrected chi connectivity index (χ3v) is 4.06. The number of hydrogen-bond acceptors (Lipinski definition) is 5. The summed E-state index contributed by atoms with van der Waals surface area (Å²) in [5.41, 5.74) is 13.9. The predicted molar refractivity (Wildman–Crippen MR) is 78.7 cm³/mol. The van der Waals surface area contributed by atoms with Crippen LogP contribution in [0.5, 0.6) is 0 Å². The van der Waals surface area contributed by atoms with Crippen molar-refractivity contribution < 1.29 is 0 Å². The van der Waals surface area contributed by atoms with Gasteiger partial charge >= 0.3 is 0 Å². The summed E-state index contributed by atoms with van der Waals surface area (Å²) in [6.07, 6.45) is 4.69. The third kappa shape index (κ3) is 2.45. The highest BCUT2D eigenvalue weighted by Gasteiger charge is 2.23. The Bertz CT molecular complexity index is 577. The fourth-order valence-electron chi connectivity index (χ4n) is 2.92. The van der Waals surface area contributed by atoms with E-state index in [0.29, 0.717) is 17.4 Å². The summed E-state index contributed by atoms with van der Waals surface area (Å²) in [6.45, 7) is 2.30. The number of nitrogen functional groups attached to an aromatic ring is 2. The molecule has 1 aromatic heterocycles. The van der Waals surface area contributed by atoms with Crippen LogP contribution in [-0.4, -0.2) is 20.2 Å². The van der Waals surface area contributed by atoms with Crippen LogP contribution in [0.15, 0.2) is 18.2 Å². The summed E-state index contributed by atoms with van der Waals surface area (Å²) in [5, 5.41) is 12.2. The Morgan fingerprint density at radius 2 is 1.70 bits per heavy atom. The first kappa shape index (κ1) is 12.9. The molecule has 106 valence electrons. The van der Waals surface area contributed by atoms with Crippen LogP contribution in [0.25, 0.3) is 11.4 Å². The summed E-state index contributed by atoms with van der Waals surface area (Å²) in [7, 11) is 0. The van der Waals surface area contributed by atoms with Crippen LogP contribution in [0, 0.1) is 5.92 Å². The lowest BCUT2D eigenvalue weighted by atomic mass is 9.87. The van der Waals surface area contributed by atoms with Crippen molar-refractivity contribution in [2.45, 2.75) is 38.6 Å². The number of tetrazole rings is 1. The van der Waals surface area contributed by atoms with Gasteiger partial charge in [0.2, 0.25) is 0 Å². The molecule has 1 fully saturated rings. The predicted octanol–water partition coefficient (Wildman–Crippen LogP) is 2.26. The first-order valence-corrected chi connectivity index (χ1v) is 7.08. The molecule has 0 amide bonds. The molecule has 20 heavy (non-hydrogen) atoms. The Labute approximate surface area is 118 Å². The first-order valence-electron chi connectivity index (χ1n) is 7.08. The molecule has 1 aliphatic rings. The van der Waals surface area contributed by atoms with Crippen molar-refractivity contribution in [3.8, 4) is 11.4 Å². The van der Waals surface area contributed by atoms with E-state index in [1.165, 1.54) is 12.8 Å². The minimum absolute atomic E-state index is 0.374. The van der Waals surface area contributed by atoms with E-state index in [1.807, 2.05) is 16.8 Å². The van der Waals surface area contributed by atoms with E-state index >= 15 is 0 Å². The van der Waals surface area contributed by atoms with Crippen LogP contribution in [-0.2, 0) is 0 Å². The molecule has 0 aliphatic heterocycles. The van der Waals surface area contributed by atoms with E-state index in [2.05, 4.69) is 22.4 Å². The van der Waals surface area contributed by atoms with Crippen LogP contribution < -0.4 is 11.5 Å². The SMILES string of the molecule is CC1CCC(n2nnnc2-c2cc(N)cc(N)c2)CC1. The quantitative estimate of drug-likeness (QED) is 0.817. The maximum absolute atomic E-state index is 5.85. The highest BCUT2D eigenvalue weighted by molar-refractivity contribution is 5.67. The summed E-state index contributed by atoms with van der Waals surface area (Å²) in [4.78, 5) is 0. The smallest absolute Gasteiger partial charge is 0.182 e. The molecule has 2 aromatic rings. The second kappa shape index (κ2) is 5.11. The fraction of sp³-hybridized carbons (Fsp3) is 0.500. The standard InChI is InChI=1S/C14H20N6/c1-9-2-4-13(5-3-9)20-14(17-18-19-20)10-6-11(15)8-12(16)7-10/h6-9,13H,2-5,15-16H2,1H3. The fourth-order valence-corrected chi connectivity index (χ4v) is 2.92. The summed E-state index contributed by atoms with van der Waals surface area (Å²) in [5.74, 6) is 1.55. The molecule has 1 aliphatic carbocycles. The molecule has 0 atom stereocenters. The van der Waals surface area contributed by atoms with Gasteiger partial charge in [0, 0.05) is 16.9 Å². The number of nitrogens with two attached hydrogens (primary N) is 2. The Morgan fingerprint density at radius 3 is 2.35 bits per heavy atom.